The number of hydrogen-bond acceptors (Lipinski definition) is 5. The fourth-order valence-electron chi connectivity index (χ4n) is 3.20. The number of nitrogens with one attached hydrogen (secondary N) is 2. The highest BCUT2D eigenvalue weighted by Crippen LogP contribution is 2.34. The summed E-state index contributed by atoms with van der Waals surface area (Å²) in [4.78, 5) is 28.4. The molecule has 1 aliphatic heterocycles. The molecule has 0 unspecified atom stereocenters. The van der Waals surface area contributed by atoms with Gasteiger partial charge in [-0.25, -0.2) is 4.68 Å². The fourth-order valence-corrected chi connectivity index (χ4v) is 3.44. The minimum atomic E-state index is -0.352. The van der Waals surface area contributed by atoms with Crippen molar-refractivity contribution in [2.75, 3.05) is 17.2 Å². The zero-order chi connectivity index (χ0) is 20.4. The van der Waals surface area contributed by atoms with Gasteiger partial charge in [0.2, 0.25) is 11.9 Å². The van der Waals surface area contributed by atoms with Crippen molar-refractivity contribution in [1.82, 2.24) is 14.8 Å². The van der Waals surface area contributed by atoms with Gasteiger partial charge < -0.3 is 10.1 Å². The van der Waals surface area contributed by atoms with E-state index in [2.05, 4.69) is 36.6 Å². The number of ether oxygens (including phenoxy) is 1. The third kappa shape index (κ3) is 4.14. The molecule has 29 heavy (non-hydrogen) atoms. The number of amides is 2. The maximum absolute atomic E-state index is 12.3. The lowest BCUT2D eigenvalue weighted by molar-refractivity contribution is -0.118. The van der Waals surface area contributed by atoms with Crippen molar-refractivity contribution in [3.05, 3.63) is 64.4 Å². The number of halogens is 1. The predicted octanol–water partition coefficient (Wildman–Crippen LogP) is 3.30. The molecule has 0 fully saturated rings. The van der Waals surface area contributed by atoms with Crippen LogP contribution >= 0.6 is 15.9 Å². The Morgan fingerprint density at radius 1 is 1.34 bits per heavy atom. The highest BCUT2D eigenvalue weighted by Gasteiger charge is 2.29. The topological polar surface area (TPSA) is 98.1 Å². The summed E-state index contributed by atoms with van der Waals surface area (Å²) in [6.45, 7) is 1.79. The zero-order valence-electron chi connectivity index (χ0n) is 15.6. The van der Waals surface area contributed by atoms with E-state index in [1.165, 1.54) is 6.33 Å². The van der Waals surface area contributed by atoms with Crippen molar-refractivity contribution in [1.29, 1.82) is 0 Å². The molecule has 0 aliphatic carbocycles. The molecular weight excluding hydrogens is 438 g/mol. The second-order valence-corrected chi connectivity index (χ2v) is 7.49. The molecule has 2 heterocycles. The number of anilines is 2. The van der Waals surface area contributed by atoms with E-state index >= 15 is 0 Å². The third-order valence-corrected chi connectivity index (χ3v) is 5.47. The summed E-state index contributed by atoms with van der Waals surface area (Å²) in [6, 6.07) is 12.5. The van der Waals surface area contributed by atoms with Crippen LogP contribution in [0.25, 0.3) is 0 Å². The Morgan fingerprint density at radius 3 is 3.00 bits per heavy atom. The largest absolute Gasteiger partial charge is 0.483 e. The van der Waals surface area contributed by atoms with Gasteiger partial charge in [0.05, 0.1) is 12.5 Å². The second kappa shape index (κ2) is 8.04. The van der Waals surface area contributed by atoms with E-state index < -0.39 is 0 Å². The Bertz CT molecular complexity index is 1080. The van der Waals surface area contributed by atoms with Crippen molar-refractivity contribution >= 4 is 39.4 Å². The van der Waals surface area contributed by atoms with Crippen molar-refractivity contribution in [3.8, 4) is 5.75 Å². The molecule has 9 heteroatoms. The maximum atomic E-state index is 12.3. The van der Waals surface area contributed by atoms with E-state index in [-0.39, 0.29) is 30.9 Å². The number of aryl methyl sites for hydroxylation is 1. The highest BCUT2D eigenvalue weighted by molar-refractivity contribution is 9.10. The van der Waals surface area contributed by atoms with Gasteiger partial charge in [-0.05, 0) is 36.8 Å². The summed E-state index contributed by atoms with van der Waals surface area (Å²) in [6.07, 6.45) is 1.60. The van der Waals surface area contributed by atoms with E-state index in [9.17, 15) is 9.59 Å². The van der Waals surface area contributed by atoms with Crippen LogP contribution in [0.15, 0.2) is 53.3 Å². The van der Waals surface area contributed by atoms with Gasteiger partial charge in [0, 0.05) is 15.7 Å². The van der Waals surface area contributed by atoms with Crippen LogP contribution in [-0.2, 0) is 9.59 Å². The maximum Gasteiger partial charge on any atom is 0.262 e. The summed E-state index contributed by atoms with van der Waals surface area (Å²) in [5.74, 6) is 0.498. The van der Waals surface area contributed by atoms with Gasteiger partial charge in [0.15, 0.2) is 6.61 Å². The number of fused-ring (bicyclic) bond motifs is 1. The van der Waals surface area contributed by atoms with E-state index in [1.54, 1.807) is 10.7 Å². The molecule has 1 aliphatic rings. The SMILES string of the molecule is Cc1cc(NC(=O)COc2ccccc2[C@H]2CC(=O)Nc3ncnn32)ccc1Br. The molecule has 0 spiro atoms. The van der Waals surface area contributed by atoms with Crippen molar-refractivity contribution in [3.63, 3.8) is 0 Å². The van der Waals surface area contributed by atoms with Crippen LogP contribution in [0, 0.1) is 6.92 Å². The number of nitrogens with zero attached hydrogens (tertiary/aromatic N) is 3. The predicted molar refractivity (Wildman–Crippen MR) is 111 cm³/mol. The van der Waals surface area contributed by atoms with Gasteiger partial charge in [-0.15, -0.1) is 0 Å². The van der Waals surface area contributed by atoms with E-state index in [0.29, 0.717) is 17.4 Å². The number of aromatic nitrogens is 3. The zero-order valence-corrected chi connectivity index (χ0v) is 17.1. The minimum Gasteiger partial charge on any atom is -0.483 e. The molecule has 1 aromatic heterocycles. The van der Waals surface area contributed by atoms with Gasteiger partial charge in [-0.2, -0.15) is 10.1 Å². The molecule has 4 rings (SSSR count). The quantitative estimate of drug-likeness (QED) is 0.614. The van der Waals surface area contributed by atoms with Crippen LogP contribution in [0.3, 0.4) is 0 Å². The lowest BCUT2D eigenvalue weighted by atomic mass is 10.0. The van der Waals surface area contributed by atoms with E-state index in [4.69, 9.17) is 4.74 Å². The molecule has 8 nitrogen and oxygen atoms in total. The average Bonchev–Trinajstić information content (AvgIpc) is 3.17. The van der Waals surface area contributed by atoms with Crippen LogP contribution in [-0.4, -0.2) is 33.2 Å². The third-order valence-electron chi connectivity index (χ3n) is 4.58. The van der Waals surface area contributed by atoms with E-state index in [0.717, 1.165) is 15.6 Å². The number of rotatable bonds is 5. The smallest absolute Gasteiger partial charge is 0.262 e. The monoisotopic (exact) mass is 455 g/mol. The van der Waals surface area contributed by atoms with Crippen LogP contribution in [0.1, 0.15) is 23.6 Å². The van der Waals surface area contributed by atoms with Gasteiger partial charge >= 0.3 is 0 Å². The molecule has 148 valence electrons. The second-order valence-electron chi connectivity index (χ2n) is 6.63. The standard InChI is InChI=1S/C20H18BrN5O3/c1-12-8-13(6-7-15(12)21)24-19(28)10-29-17-5-3-2-4-14(17)16-9-18(27)25-20-22-11-23-26(16)20/h2-8,11,16H,9-10H2,1H3,(H,24,28)(H,22,23,25,27)/t16-/m1/s1. The molecule has 3 aromatic rings. The molecule has 0 saturated heterocycles. The summed E-state index contributed by atoms with van der Waals surface area (Å²) in [7, 11) is 0. The first-order valence-electron chi connectivity index (χ1n) is 8.98. The Balaban J connectivity index is 1.49. The van der Waals surface area contributed by atoms with Gasteiger partial charge in [0.1, 0.15) is 12.1 Å². The Hall–Kier alpha value is -3.20. The Labute approximate surface area is 175 Å². The van der Waals surface area contributed by atoms with Crippen molar-refractivity contribution in [2.24, 2.45) is 0 Å². The van der Waals surface area contributed by atoms with E-state index in [1.807, 2.05) is 43.3 Å². The number of hydrogen-bond donors (Lipinski definition) is 2. The lowest BCUT2D eigenvalue weighted by Gasteiger charge is -2.25. The lowest BCUT2D eigenvalue weighted by Crippen LogP contribution is -2.29. The van der Waals surface area contributed by atoms with Gasteiger partial charge in [0.25, 0.3) is 5.91 Å². The first-order valence-corrected chi connectivity index (χ1v) is 9.77. The number of carbonyl (C=O) groups is 2. The van der Waals surface area contributed by atoms with Crippen molar-refractivity contribution in [2.45, 2.75) is 19.4 Å². The number of para-hydroxylation sites is 1. The molecular formula is C20H18BrN5O3. The minimum absolute atomic E-state index is 0.145. The highest BCUT2D eigenvalue weighted by atomic mass is 79.9. The molecule has 1 atom stereocenters. The van der Waals surface area contributed by atoms with Gasteiger partial charge in [-0.3, -0.25) is 14.9 Å². The van der Waals surface area contributed by atoms with Gasteiger partial charge in [-0.1, -0.05) is 34.1 Å². The molecule has 2 aromatic carbocycles. The summed E-state index contributed by atoms with van der Waals surface area (Å²) in [5.41, 5.74) is 2.48. The number of benzene rings is 2. The van der Waals surface area contributed by atoms with Crippen LogP contribution in [0.2, 0.25) is 0 Å². The first kappa shape index (κ1) is 19.1. The molecule has 0 radical (unpaired) electrons. The average molecular weight is 456 g/mol. The summed E-state index contributed by atoms with van der Waals surface area (Å²) < 4.78 is 8.41. The number of carbonyl (C=O) groups excluding carboxylic acids is 2. The van der Waals surface area contributed by atoms with Crippen LogP contribution < -0.4 is 15.4 Å². The molecule has 0 saturated carbocycles. The first-order chi connectivity index (χ1) is 14.0. The molecule has 0 bridgehead atoms. The van der Waals surface area contributed by atoms with Crippen LogP contribution in [0.5, 0.6) is 5.75 Å². The molecule has 2 N–H and O–H groups in total. The van der Waals surface area contributed by atoms with Crippen LogP contribution in [0.4, 0.5) is 11.6 Å². The Morgan fingerprint density at radius 2 is 2.17 bits per heavy atom. The fraction of sp³-hybridized carbons (Fsp3) is 0.200. The Kier molecular flexibility index (Phi) is 5.30. The summed E-state index contributed by atoms with van der Waals surface area (Å²) >= 11 is 3.44. The summed E-state index contributed by atoms with van der Waals surface area (Å²) in [5, 5.41) is 9.72. The van der Waals surface area contributed by atoms with Crippen molar-refractivity contribution < 1.29 is 14.3 Å². The normalized spacial score (nSPS) is 15.4. The molecule has 2 amide bonds.